The van der Waals surface area contributed by atoms with Crippen LogP contribution < -0.4 is 15.4 Å². The molecule has 0 aliphatic carbocycles. The van der Waals surface area contributed by atoms with Gasteiger partial charge in [0.05, 0.1) is 21.1 Å². The van der Waals surface area contributed by atoms with E-state index >= 15 is 4.39 Å². The van der Waals surface area contributed by atoms with Crippen LogP contribution in [-0.4, -0.2) is 38.8 Å². The molecule has 1 aliphatic rings. The number of halogens is 3. The molecule has 192 valence electrons. The second-order valence-electron chi connectivity index (χ2n) is 9.79. The molecule has 10 heteroatoms. The first-order valence-corrected chi connectivity index (χ1v) is 12.7. The van der Waals surface area contributed by atoms with Gasteiger partial charge in [0.25, 0.3) is 0 Å². The lowest BCUT2D eigenvalue weighted by atomic mass is 9.86. The van der Waals surface area contributed by atoms with Gasteiger partial charge in [0.1, 0.15) is 17.5 Å². The predicted octanol–water partition coefficient (Wildman–Crippen LogP) is 6.48. The number of aromatic amines is 1. The molecule has 1 aromatic carbocycles. The molecule has 0 unspecified atom stereocenters. The van der Waals surface area contributed by atoms with E-state index in [0.717, 1.165) is 17.3 Å². The van der Waals surface area contributed by atoms with Crippen molar-refractivity contribution in [2.45, 2.75) is 38.8 Å². The van der Waals surface area contributed by atoms with Crippen molar-refractivity contribution < 1.29 is 9.13 Å². The van der Waals surface area contributed by atoms with Crippen LogP contribution in [0.3, 0.4) is 0 Å². The van der Waals surface area contributed by atoms with E-state index in [4.69, 9.17) is 33.7 Å². The highest BCUT2D eigenvalue weighted by molar-refractivity contribution is 6.35. The number of allylic oxidation sites excluding steroid dienone is 1. The number of fused-ring (bicyclic) bond motifs is 1. The molecule has 1 saturated heterocycles. The molecule has 4 heterocycles. The zero-order valence-electron chi connectivity index (χ0n) is 20.7. The summed E-state index contributed by atoms with van der Waals surface area (Å²) in [4.78, 5) is 10.3. The molecule has 3 aromatic heterocycles. The van der Waals surface area contributed by atoms with E-state index in [-0.39, 0.29) is 5.54 Å². The van der Waals surface area contributed by atoms with Crippen LogP contribution in [0.4, 0.5) is 10.2 Å². The van der Waals surface area contributed by atoms with Crippen LogP contribution in [0, 0.1) is 5.82 Å². The highest BCUT2D eigenvalue weighted by atomic mass is 35.5. The van der Waals surface area contributed by atoms with Crippen LogP contribution in [-0.2, 0) is 0 Å². The molecule has 0 bridgehead atoms. The van der Waals surface area contributed by atoms with Gasteiger partial charge in [-0.1, -0.05) is 34.9 Å². The fourth-order valence-corrected chi connectivity index (χ4v) is 5.22. The molecule has 5 rings (SSSR count). The van der Waals surface area contributed by atoms with E-state index < -0.39 is 11.9 Å². The largest absolute Gasteiger partial charge is 0.486 e. The number of hydrogen-bond acceptors (Lipinski definition) is 6. The maximum absolute atomic E-state index is 15.1. The molecule has 1 atom stereocenters. The highest BCUT2D eigenvalue weighted by Gasteiger charge is 2.40. The zero-order valence-corrected chi connectivity index (χ0v) is 22.2. The van der Waals surface area contributed by atoms with Crippen molar-refractivity contribution >= 4 is 39.9 Å². The highest BCUT2D eigenvalue weighted by Crippen LogP contribution is 2.36. The lowest BCUT2D eigenvalue weighted by molar-refractivity contribution is 0.227. The maximum atomic E-state index is 15.1. The SMILES string of the molecule is CC(C)=CCC1(N)CN(c2ncc(-c3n[nH]c4ccc(O[C@H](C)c5c(Cl)cncc5Cl)cc34)cc2F)C1. The fraction of sp³-hybridized carbons (Fsp3) is 0.296. The Morgan fingerprint density at radius 3 is 2.62 bits per heavy atom. The fourth-order valence-electron chi connectivity index (χ4n) is 4.55. The Kier molecular flexibility index (Phi) is 6.83. The minimum absolute atomic E-state index is 0.297. The summed E-state index contributed by atoms with van der Waals surface area (Å²) in [6.07, 6.45) is 7.15. The number of H-pyrrole nitrogens is 1. The van der Waals surface area contributed by atoms with Gasteiger partial charge in [-0.2, -0.15) is 5.10 Å². The number of benzene rings is 1. The third-order valence-corrected chi connectivity index (χ3v) is 7.07. The lowest BCUT2D eigenvalue weighted by Crippen LogP contribution is -2.67. The number of aromatic nitrogens is 4. The average Bonchev–Trinajstić information content (AvgIpc) is 3.24. The Labute approximate surface area is 224 Å². The number of pyridine rings is 2. The summed E-state index contributed by atoms with van der Waals surface area (Å²) < 4.78 is 21.3. The van der Waals surface area contributed by atoms with Crippen LogP contribution >= 0.6 is 23.2 Å². The summed E-state index contributed by atoms with van der Waals surface area (Å²) in [6, 6.07) is 6.98. The van der Waals surface area contributed by atoms with Crippen LogP contribution in [0.15, 0.2) is 54.5 Å². The number of nitrogens with zero attached hydrogens (tertiary/aromatic N) is 4. The second-order valence-corrected chi connectivity index (χ2v) is 10.6. The smallest absolute Gasteiger partial charge is 0.166 e. The monoisotopic (exact) mass is 540 g/mol. The Morgan fingerprint density at radius 1 is 1.22 bits per heavy atom. The predicted molar refractivity (Wildman–Crippen MR) is 146 cm³/mol. The van der Waals surface area contributed by atoms with Crippen molar-refractivity contribution in [2.75, 3.05) is 18.0 Å². The summed E-state index contributed by atoms with van der Waals surface area (Å²) in [7, 11) is 0. The number of nitrogens with one attached hydrogen (secondary N) is 1. The molecule has 1 aliphatic heterocycles. The minimum Gasteiger partial charge on any atom is -0.486 e. The molecule has 0 saturated carbocycles. The number of ether oxygens (including phenoxy) is 1. The van der Waals surface area contributed by atoms with E-state index in [1.807, 2.05) is 43.9 Å². The topological polar surface area (TPSA) is 93.0 Å². The molecule has 4 aromatic rings. The third kappa shape index (κ3) is 5.14. The van der Waals surface area contributed by atoms with E-state index in [2.05, 4.69) is 26.2 Å². The summed E-state index contributed by atoms with van der Waals surface area (Å²) in [5.74, 6) is 0.472. The summed E-state index contributed by atoms with van der Waals surface area (Å²) in [5, 5.41) is 9.03. The molecular formula is C27H27Cl2FN6O. The Morgan fingerprint density at radius 2 is 1.95 bits per heavy atom. The van der Waals surface area contributed by atoms with Crippen molar-refractivity contribution in [3.8, 4) is 17.0 Å². The first-order valence-electron chi connectivity index (χ1n) is 11.9. The van der Waals surface area contributed by atoms with Gasteiger partial charge in [-0.25, -0.2) is 9.37 Å². The summed E-state index contributed by atoms with van der Waals surface area (Å²) in [6.45, 7) is 7.05. The number of anilines is 1. The maximum Gasteiger partial charge on any atom is 0.166 e. The average molecular weight is 541 g/mol. The quantitative estimate of drug-likeness (QED) is 0.260. The lowest BCUT2D eigenvalue weighted by Gasteiger charge is -2.48. The van der Waals surface area contributed by atoms with Crippen LogP contribution in [0.5, 0.6) is 5.75 Å². The standard InChI is InChI=1S/C27H27Cl2FN6O/c1-15(2)6-7-27(31)13-36(14-27)26-22(30)8-17(10-33-26)25-19-9-18(4-5-23(19)34-35-25)37-16(3)24-20(28)11-32-12-21(24)29/h4-6,8-12,16H,7,13-14,31H2,1-3H3,(H,34,35)/t16-/m1/s1. The van der Waals surface area contributed by atoms with Crippen molar-refractivity contribution in [2.24, 2.45) is 5.73 Å². The summed E-state index contributed by atoms with van der Waals surface area (Å²) >= 11 is 12.6. The first kappa shape index (κ1) is 25.4. The van der Waals surface area contributed by atoms with Gasteiger partial charge < -0.3 is 15.4 Å². The van der Waals surface area contributed by atoms with E-state index in [9.17, 15) is 0 Å². The number of nitrogens with two attached hydrogens (primary N) is 1. The van der Waals surface area contributed by atoms with Gasteiger partial charge in [0, 0.05) is 48.2 Å². The second kappa shape index (κ2) is 9.93. The van der Waals surface area contributed by atoms with Gasteiger partial charge >= 0.3 is 0 Å². The molecule has 0 amide bonds. The van der Waals surface area contributed by atoms with Crippen LogP contribution in [0.25, 0.3) is 22.2 Å². The van der Waals surface area contributed by atoms with Gasteiger partial charge in [-0.3, -0.25) is 10.1 Å². The molecule has 1 fully saturated rings. The van der Waals surface area contributed by atoms with Gasteiger partial charge in [-0.05, 0) is 51.5 Å². The van der Waals surface area contributed by atoms with E-state index in [1.54, 1.807) is 6.20 Å². The van der Waals surface area contributed by atoms with Crippen molar-refractivity contribution in [1.82, 2.24) is 20.2 Å². The van der Waals surface area contributed by atoms with Crippen molar-refractivity contribution in [3.05, 3.63) is 75.9 Å². The third-order valence-electron chi connectivity index (χ3n) is 6.47. The van der Waals surface area contributed by atoms with Crippen LogP contribution in [0.2, 0.25) is 10.0 Å². The molecule has 0 spiro atoms. The normalized spacial score (nSPS) is 15.4. The summed E-state index contributed by atoms with van der Waals surface area (Å²) in [5.41, 5.74) is 9.85. The number of hydrogen-bond donors (Lipinski definition) is 2. The van der Waals surface area contributed by atoms with Gasteiger partial charge in [0.2, 0.25) is 0 Å². The Bertz CT molecular complexity index is 1470. The van der Waals surface area contributed by atoms with Gasteiger partial charge in [-0.15, -0.1) is 0 Å². The van der Waals surface area contributed by atoms with Crippen LogP contribution in [0.1, 0.15) is 38.9 Å². The molecule has 7 nitrogen and oxygen atoms in total. The Balaban J connectivity index is 1.37. The van der Waals surface area contributed by atoms with E-state index in [0.29, 0.717) is 51.5 Å². The van der Waals surface area contributed by atoms with Crippen molar-refractivity contribution in [3.63, 3.8) is 0 Å². The zero-order chi connectivity index (χ0) is 26.3. The number of rotatable bonds is 7. The van der Waals surface area contributed by atoms with Gasteiger partial charge in [0.15, 0.2) is 11.6 Å². The van der Waals surface area contributed by atoms with E-state index in [1.165, 1.54) is 24.0 Å². The molecule has 37 heavy (non-hydrogen) atoms. The Hall–Kier alpha value is -3.20. The molecular weight excluding hydrogens is 514 g/mol. The minimum atomic E-state index is -0.419. The first-order chi connectivity index (χ1) is 17.6. The van der Waals surface area contributed by atoms with Crippen molar-refractivity contribution in [1.29, 1.82) is 0 Å². The molecule has 0 radical (unpaired) electrons. The molecule has 3 N–H and O–H groups in total.